The zero-order valence-electron chi connectivity index (χ0n) is 45.3. The first-order valence-electron chi connectivity index (χ1n) is 28.4. The maximum atomic E-state index is 13.8. The number of phosphoric ester groups is 1. The van der Waals surface area contributed by atoms with Crippen molar-refractivity contribution >= 4 is 59.4 Å². The van der Waals surface area contributed by atoms with Gasteiger partial charge < -0.3 is 24.7 Å². The standard InChI is InChI=1S/C59H89N4O10PS/c1-3-5-7-9-11-13-15-17-19-21-23-25-27-29-34-42-54(65)70-46-50(73-55(66)43-35-30-28-26-24-22-20-18-16-14-12-10-8-6-4-2)47-72-74(68,69)71-45-44-60-53(64)48-75-59-62-56-51-40-36-37-41-52(51)61-57(56)58(67)63(59)49-38-32-31-33-39-49/h17-20,31-33,36-41,50,61H,3-16,21-30,34-35,42-48H2,1-2H3,(H,60,64)(H,68,69)/b19-17-,20-18-/t50-/m1/s1. The molecular formula is C59H89N4O10PS. The van der Waals surface area contributed by atoms with Gasteiger partial charge in [-0.25, -0.2) is 9.55 Å². The molecule has 0 fully saturated rings. The lowest BCUT2D eigenvalue weighted by Gasteiger charge is -2.20. The average Bonchev–Trinajstić information content (AvgIpc) is 3.79. The van der Waals surface area contributed by atoms with Crippen molar-refractivity contribution in [3.8, 4) is 5.69 Å². The van der Waals surface area contributed by atoms with E-state index in [0.717, 1.165) is 99.7 Å². The van der Waals surface area contributed by atoms with Gasteiger partial charge in [0.1, 0.15) is 17.6 Å². The van der Waals surface area contributed by atoms with Crippen molar-refractivity contribution in [2.75, 3.05) is 32.1 Å². The molecule has 1 amide bonds. The van der Waals surface area contributed by atoms with Gasteiger partial charge in [0.15, 0.2) is 11.3 Å². The van der Waals surface area contributed by atoms with Crippen LogP contribution in [-0.2, 0) is 37.5 Å². The predicted octanol–water partition coefficient (Wildman–Crippen LogP) is 14.7. The Balaban J connectivity index is 1.18. The van der Waals surface area contributed by atoms with Gasteiger partial charge in [-0.3, -0.25) is 32.8 Å². The number of H-pyrrole nitrogens is 1. The number of carbonyl (C=O) groups is 3. The second-order valence-electron chi connectivity index (χ2n) is 19.5. The fraction of sp³-hybridized carbons (Fsp3) is 0.610. The van der Waals surface area contributed by atoms with Crippen molar-refractivity contribution in [2.45, 2.75) is 205 Å². The molecule has 0 bridgehead atoms. The van der Waals surface area contributed by atoms with Crippen LogP contribution >= 0.6 is 19.6 Å². The molecule has 75 heavy (non-hydrogen) atoms. The molecule has 0 spiro atoms. The lowest BCUT2D eigenvalue weighted by Crippen LogP contribution is -2.30. The average molecular weight is 1080 g/mol. The minimum absolute atomic E-state index is 0.111. The number of phosphoric acid groups is 1. The lowest BCUT2D eigenvalue weighted by atomic mass is 10.1. The second kappa shape index (κ2) is 38.9. The number of unbranched alkanes of at least 4 members (excludes halogenated alkanes) is 22. The number of hydrogen-bond acceptors (Lipinski definition) is 11. The zero-order valence-corrected chi connectivity index (χ0v) is 47.0. The smallest absolute Gasteiger partial charge is 0.462 e. The molecule has 4 rings (SSSR count). The summed E-state index contributed by atoms with van der Waals surface area (Å²) in [4.78, 5) is 71.0. The third-order valence-corrected chi connectivity index (χ3v) is 14.9. The second-order valence-corrected chi connectivity index (χ2v) is 21.9. The largest absolute Gasteiger partial charge is 0.472 e. The molecule has 0 saturated carbocycles. The van der Waals surface area contributed by atoms with Gasteiger partial charge in [0.05, 0.1) is 24.7 Å². The molecule has 16 heteroatoms. The Kier molecular flexibility index (Phi) is 32.7. The summed E-state index contributed by atoms with van der Waals surface area (Å²) in [5.74, 6) is -1.49. The number of esters is 2. The molecule has 2 aromatic carbocycles. The first-order chi connectivity index (χ1) is 36.6. The van der Waals surface area contributed by atoms with Gasteiger partial charge in [-0.15, -0.1) is 0 Å². The minimum Gasteiger partial charge on any atom is -0.462 e. The van der Waals surface area contributed by atoms with E-state index < -0.39 is 38.4 Å². The van der Waals surface area contributed by atoms with Gasteiger partial charge in [0.2, 0.25) is 5.91 Å². The van der Waals surface area contributed by atoms with E-state index in [1.807, 2.05) is 42.5 Å². The Hall–Kier alpha value is -4.53. The predicted molar refractivity (Wildman–Crippen MR) is 304 cm³/mol. The van der Waals surface area contributed by atoms with Gasteiger partial charge in [-0.2, -0.15) is 0 Å². The van der Waals surface area contributed by atoms with Gasteiger partial charge in [0, 0.05) is 30.3 Å². The van der Waals surface area contributed by atoms with Crippen molar-refractivity contribution in [3.05, 3.63) is 89.3 Å². The molecule has 0 saturated heterocycles. The first-order valence-corrected chi connectivity index (χ1v) is 30.8. The highest BCUT2D eigenvalue weighted by Crippen LogP contribution is 2.43. The highest BCUT2D eigenvalue weighted by Gasteiger charge is 2.26. The third-order valence-electron chi connectivity index (χ3n) is 13.0. The number of rotatable bonds is 44. The normalized spacial score (nSPS) is 13.0. The van der Waals surface area contributed by atoms with Crippen LogP contribution in [0.3, 0.4) is 0 Å². The Morgan fingerprint density at radius 3 is 1.79 bits per heavy atom. The number of fused-ring (bicyclic) bond motifs is 3. The third kappa shape index (κ3) is 26.9. The van der Waals surface area contributed by atoms with Gasteiger partial charge >= 0.3 is 19.8 Å². The number of amides is 1. The lowest BCUT2D eigenvalue weighted by molar-refractivity contribution is -0.161. The Morgan fingerprint density at radius 2 is 1.20 bits per heavy atom. The van der Waals surface area contributed by atoms with Gasteiger partial charge in [0.25, 0.3) is 5.56 Å². The van der Waals surface area contributed by atoms with Crippen LogP contribution in [0.2, 0.25) is 0 Å². The van der Waals surface area contributed by atoms with Gasteiger partial charge in [-0.05, 0) is 82.4 Å². The quantitative estimate of drug-likeness (QED) is 0.00951. The van der Waals surface area contributed by atoms with E-state index in [4.69, 9.17) is 23.5 Å². The zero-order chi connectivity index (χ0) is 53.6. The van der Waals surface area contributed by atoms with E-state index in [2.05, 4.69) is 48.5 Å². The molecular weight excluding hydrogens is 988 g/mol. The van der Waals surface area contributed by atoms with E-state index in [-0.39, 0.29) is 43.9 Å². The number of allylic oxidation sites excluding steroid dienone is 4. The SMILES string of the molecule is CCCCCCCC/C=C\CCCCCCCC(=O)OC[C@H](COP(=O)(O)OCCNC(=O)CSc1nc2c([nH]c3ccccc32)c(=O)n1-c1ccccc1)OC(=O)CCCCCCC/C=C\CCCCCCCC. The van der Waals surface area contributed by atoms with Crippen LogP contribution in [-0.4, -0.2) is 75.5 Å². The fourth-order valence-corrected chi connectivity index (χ4v) is 10.3. The van der Waals surface area contributed by atoms with E-state index in [9.17, 15) is 28.6 Å². The van der Waals surface area contributed by atoms with Crippen LogP contribution in [0.1, 0.15) is 194 Å². The molecule has 2 aromatic heterocycles. The number of benzene rings is 2. The molecule has 2 heterocycles. The van der Waals surface area contributed by atoms with Crippen LogP contribution in [0.15, 0.2) is 88.9 Å². The molecule has 0 radical (unpaired) electrons. The first kappa shape index (κ1) is 63.0. The molecule has 0 aliphatic heterocycles. The summed E-state index contributed by atoms with van der Waals surface area (Å²) >= 11 is 1.08. The maximum Gasteiger partial charge on any atom is 0.472 e. The number of aromatic nitrogens is 3. The molecule has 14 nitrogen and oxygen atoms in total. The van der Waals surface area contributed by atoms with Crippen molar-refractivity contribution in [1.29, 1.82) is 0 Å². The molecule has 3 N–H and O–H groups in total. The Bertz CT molecular complexity index is 2390. The van der Waals surface area contributed by atoms with Crippen molar-refractivity contribution in [3.63, 3.8) is 0 Å². The molecule has 2 atom stereocenters. The van der Waals surface area contributed by atoms with Crippen LogP contribution in [0.4, 0.5) is 0 Å². The highest BCUT2D eigenvalue weighted by molar-refractivity contribution is 7.99. The summed E-state index contributed by atoms with van der Waals surface area (Å²) in [7, 11) is -4.69. The topological polar surface area (TPSA) is 188 Å². The molecule has 416 valence electrons. The summed E-state index contributed by atoms with van der Waals surface area (Å²) in [5, 5.41) is 3.76. The summed E-state index contributed by atoms with van der Waals surface area (Å²) in [6.07, 6.45) is 38.0. The van der Waals surface area contributed by atoms with E-state index in [0.29, 0.717) is 34.7 Å². The van der Waals surface area contributed by atoms with Gasteiger partial charge in [-0.1, -0.05) is 189 Å². The summed E-state index contributed by atoms with van der Waals surface area (Å²) in [6, 6.07) is 16.5. The molecule has 0 aliphatic rings. The number of hydrogen-bond donors (Lipinski definition) is 3. The Morgan fingerprint density at radius 1 is 0.680 bits per heavy atom. The molecule has 1 unspecified atom stereocenters. The van der Waals surface area contributed by atoms with Crippen molar-refractivity contribution < 1.29 is 42.4 Å². The molecule has 0 aliphatic carbocycles. The number of nitrogens with zero attached hydrogens (tertiary/aromatic N) is 2. The molecule has 4 aromatic rings. The summed E-state index contributed by atoms with van der Waals surface area (Å²) in [5.41, 5.74) is 1.91. The fourth-order valence-electron chi connectivity index (χ4n) is 8.69. The van der Waals surface area contributed by atoms with Crippen LogP contribution in [0, 0.1) is 0 Å². The van der Waals surface area contributed by atoms with Crippen molar-refractivity contribution in [2.24, 2.45) is 0 Å². The van der Waals surface area contributed by atoms with E-state index in [1.54, 1.807) is 12.1 Å². The van der Waals surface area contributed by atoms with E-state index >= 15 is 0 Å². The monoisotopic (exact) mass is 1080 g/mol. The summed E-state index contributed by atoms with van der Waals surface area (Å²) in [6.45, 7) is 3.09. The summed E-state index contributed by atoms with van der Waals surface area (Å²) < 4.78 is 35.9. The van der Waals surface area contributed by atoms with Crippen molar-refractivity contribution in [1.82, 2.24) is 19.9 Å². The Labute approximate surface area is 451 Å². The van der Waals surface area contributed by atoms with Crippen LogP contribution in [0.5, 0.6) is 0 Å². The number of thioether (sulfide) groups is 1. The van der Waals surface area contributed by atoms with Crippen LogP contribution in [0.25, 0.3) is 27.6 Å². The number of para-hydroxylation sites is 2. The van der Waals surface area contributed by atoms with Crippen LogP contribution < -0.4 is 10.9 Å². The minimum atomic E-state index is -4.69. The number of aromatic amines is 1. The number of nitrogens with one attached hydrogen (secondary N) is 2. The highest BCUT2D eigenvalue weighted by atomic mass is 32.2. The number of carbonyl (C=O) groups excluding carboxylic acids is 3. The maximum absolute atomic E-state index is 13.8. The van der Waals surface area contributed by atoms with E-state index in [1.165, 1.54) is 81.6 Å². The number of ether oxygens (including phenoxy) is 2.